The molecule has 16 heavy (non-hydrogen) atoms. The van der Waals surface area contributed by atoms with Crippen LogP contribution in [0.2, 0.25) is 0 Å². The van der Waals surface area contributed by atoms with Crippen molar-refractivity contribution in [1.29, 1.82) is 0 Å². The molecule has 0 amide bonds. The van der Waals surface area contributed by atoms with E-state index in [1.54, 1.807) is 0 Å². The number of unbranched alkanes of at least 4 members (excludes halogenated alkanes) is 2. The fourth-order valence-corrected chi connectivity index (χ4v) is 2.07. The first kappa shape index (κ1) is 15.4. The lowest BCUT2D eigenvalue weighted by Crippen LogP contribution is -2.33. The zero-order chi connectivity index (χ0) is 12.4. The van der Waals surface area contributed by atoms with Gasteiger partial charge in [-0.05, 0) is 32.2 Å². The van der Waals surface area contributed by atoms with Crippen LogP contribution >= 0.6 is 0 Å². The van der Waals surface area contributed by atoms with Crippen LogP contribution in [0.15, 0.2) is 0 Å². The summed E-state index contributed by atoms with van der Waals surface area (Å²) in [7, 11) is 0. The first-order chi connectivity index (χ1) is 7.61. The van der Waals surface area contributed by atoms with Crippen molar-refractivity contribution in [3.05, 3.63) is 0 Å². The molecule has 3 nitrogen and oxygen atoms in total. The van der Waals surface area contributed by atoms with Gasteiger partial charge in [0.15, 0.2) is 0 Å². The van der Waals surface area contributed by atoms with Crippen LogP contribution in [0.4, 0.5) is 0 Å². The number of hydrogen-bond donors (Lipinski definition) is 2. The summed E-state index contributed by atoms with van der Waals surface area (Å²) in [5, 5.41) is 12.0. The standard InChI is InChI=1S/C13H27NO2/c1-4-12(5-2)11(3)14-10-8-6-7-9-13(15)16/h11-12,14H,4-10H2,1-3H3,(H,15,16). The molecule has 0 aromatic rings. The van der Waals surface area contributed by atoms with Gasteiger partial charge >= 0.3 is 5.97 Å². The van der Waals surface area contributed by atoms with Crippen LogP contribution in [0.3, 0.4) is 0 Å². The maximum absolute atomic E-state index is 10.3. The van der Waals surface area contributed by atoms with Gasteiger partial charge in [0, 0.05) is 12.5 Å². The molecule has 0 aromatic heterocycles. The number of carbonyl (C=O) groups is 1. The highest BCUT2D eigenvalue weighted by Gasteiger charge is 2.11. The van der Waals surface area contributed by atoms with Crippen molar-refractivity contribution in [2.45, 2.75) is 65.3 Å². The van der Waals surface area contributed by atoms with E-state index in [1.807, 2.05) is 0 Å². The van der Waals surface area contributed by atoms with Crippen molar-refractivity contribution >= 4 is 5.97 Å². The fraction of sp³-hybridized carbons (Fsp3) is 0.923. The van der Waals surface area contributed by atoms with Gasteiger partial charge < -0.3 is 10.4 Å². The van der Waals surface area contributed by atoms with Gasteiger partial charge in [0.05, 0.1) is 0 Å². The van der Waals surface area contributed by atoms with Gasteiger partial charge in [0.2, 0.25) is 0 Å². The SMILES string of the molecule is CCC(CC)C(C)NCCCCCC(=O)O. The predicted molar refractivity (Wildman–Crippen MR) is 67.6 cm³/mol. The van der Waals surface area contributed by atoms with Crippen molar-refractivity contribution in [3.8, 4) is 0 Å². The summed E-state index contributed by atoms with van der Waals surface area (Å²) in [6.45, 7) is 7.73. The van der Waals surface area contributed by atoms with Gasteiger partial charge in [-0.1, -0.05) is 33.1 Å². The van der Waals surface area contributed by atoms with Crippen molar-refractivity contribution in [2.24, 2.45) is 5.92 Å². The Hall–Kier alpha value is -0.570. The monoisotopic (exact) mass is 229 g/mol. The summed E-state index contributed by atoms with van der Waals surface area (Å²) in [5.74, 6) is 0.0809. The number of carboxylic acid groups (broad SMARTS) is 1. The second-order valence-corrected chi connectivity index (χ2v) is 4.52. The lowest BCUT2D eigenvalue weighted by Gasteiger charge is -2.22. The fourth-order valence-electron chi connectivity index (χ4n) is 2.07. The largest absolute Gasteiger partial charge is 0.481 e. The predicted octanol–water partition coefficient (Wildman–Crippen LogP) is 3.05. The average Bonchev–Trinajstić information content (AvgIpc) is 2.24. The Morgan fingerprint density at radius 3 is 2.31 bits per heavy atom. The molecule has 3 heteroatoms. The molecule has 0 radical (unpaired) electrons. The Labute approximate surface area is 99.6 Å². The Balaban J connectivity index is 3.40. The molecule has 0 fully saturated rings. The zero-order valence-electron chi connectivity index (χ0n) is 11.0. The molecule has 1 unspecified atom stereocenters. The number of hydrogen-bond acceptors (Lipinski definition) is 2. The van der Waals surface area contributed by atoms with E-state index in [0.717, 1.165) is 31.7 Å². The molecule has 0 aromatic carbocycles. The Morgan fingerprint density at radius 2 is 1.81 bits per heavy atom. The Morgan fingerprint density at radius 1 is 1.19 bits per heavy atom. The Bertz CT molecular complexity index is 179. The molecule has 0 aliphatic rings. The minimum absolute atomic E-state index is 0.308. The topological polar surface area (TPSA) is 49.3 Å². The van der Waals surface area contributed by atoms with Crippen molar-refractivity contribution in [1.82, 2.24) is 5.32 Å². The summed E-state index contributed by atoms with van der Waals surface area (Å²) in [4.78, 5) is 10.3. The van der Waals surface area contributed by atoms with Gasteiger partial charge in [-0.25, -0.2) is 0 Å². The van der Waals surface area contributed by atoms with Crippen LogP contribution in [-0.2, 0) is 4.79 Å². The molecule has 96 valence electrons. The third-order valence-corrected chi connectivity index (χ3v) is 3.29. The second-order valence-electron chi connectivity index (χ2n) is 4.52. The highest BCUT2D eigenvalue weighted by Crippen LogP contribution is 2.12. The first-order valence-corrected chi connectivity index (χ1v) is 6.56. The quantitative estimate of drug-likeness (QED) is 0.566. The van der Waals surface area contributed by atoms with E-state index >= 15 is 0 Å². The van der Waals surface area contributed by atoms with Crippen LogP contribution in [0.1, 0.15) is 59.3 Å². The van der Waals surface area contributed by atoms with E-state index < -0.39 is 5.97 Å². The van der Waals surface area contributed by atoms with Gasteiger partial charge in [-0.3, -0.25) is 4.79 Å². The highest BCUT2D eigenvalue weighted by molar-refractivity contribution is 5.66. The van der Waals surface area contributed by atoms with Crippen molar-refractivity contribution < 1.29 is 9.90 Å². The van der Waals surface area contributed by atoms with Crippen LogP contribution < -0.4 is 5.32 Å². The molecule has 0 bridgehead atoms. The lowest BCUT2D eigenvalue weighted by molar-refractivity contribution is -0.137. The number of nitrogens with one attached hydrogen (secondary N) is 1. The minimum Gasteiger partial charge on any atom is -0.481 e. The Kier molecular flexibility index (Phi) is 9.30. The highest BCUT2D eigenvalue weighted by atomic mass is 16.4. The molecule has 1 atom stereocenters. The van der Waals surface area contributed by atoms with Gasteiger partial charge in [0.25, 0.3) is 0 Å². The molecule has 0 heterocycles. The third-order valence-electron chi connectivity index (χ3n) is 3.29. The zero-order valence-corrected chi connectivity index (χ0v) is 11.0. The molecular formula is C13H27NO2. The molecule has 0 spiro atoms. The molecule has 0 aliphatic heterocycles. The average molecular weight is 229 g/mol. The van der Waals surface area contributed by atoms with E-state index in [4.69, 9.17) is 5.11 Å². The number of rotatable bonds is 10. The van der Waals surface area contributed by atoms with Crippen LogP contribution in [0.5, 0.6) is 0 Å². The van der Waals surface area contributed by atoms with Crippen LogP contribution in [0.25, 0.3) is 0 Å². The number of aliphatic carboxylic acids is 1. The van der Waals surface area contributed by atoms with Crippen LogP contribution in [-0.4, -0.2) is 23.7 Å². The summed E-state index contributed by atoms with van der Waals surface area (Å²) in [5.41, 5.74) is 0. The summed E-state index contributed by atoms with van der Waals surface area (Å²) in [6.07, 6.45) is 5.65. The van der Waals surface area contributed by atoms with Crippen molar-refractivity contribution in [2.75, 3.05) is 6.54 Å². The molecule has 0 rings (SSSR count). The van der Waals surface area contributed by atoms with E-state index in [9.17, 15) is 4.79 Å². The van der Waals surface area contributed by atoms with E-state index in [1.165, 1.54) is 12.8 Å². The van der Waals surface area contributed by atoms with E-state index in [0.29, 0.717) is 12.5 Å². The molecule has 0 saturated heterocycles. The maximum atomic E-state index is 10.3. The maximum Gasteiger partial charge on any atom is 0.303 e. The van der Waals surface area contributed by atoms with Gasteiger partial charge in [-0.2, -0.15) is 0 Å². The first-order valence-electron chi connectivity index (χ1n) is 6.56. The molecule has 2 N–H and O–H groups in total. The third kappa shape index (κ3) is 7.69. The summed E-state index contributed by atoms with van der Waals surface area (Å²) in [6, 6.07) is 0.578. The van der Waals surface area contributed by atoms with Gasteiger partial charge in [0.1, 0.15) is 0 Å². The second kappa shape index (κ2) is 9.64. The summed E-state index contributed by atoms with van der Waals surface area (Å²) < 4.78 is 0. The van der Waals surface area contributed by atoms with Gasteiger partial charge in [-0.15, -0.1) is 0 Å². The number of carboxylic acids is 1. The normalized spacial score (nSPS) is 13.0. The lowest BCUT2D eigenvalue weighted by atomic mass is 9.95. The van der Waals surface area contributed by atoms with E-state index in [-0.39, 0.29) is 0 Å². The van der Waals surface area contributed by atoms with Crippen LogP contribution in [0, 0.1) is 5.92 Å². The van der Waals surface area contributed by atoms with Crippen molar-refractivity contribution in [3.63, 3.8) is 0 Å². The molecule has 0 aliphatic carbocycles. The smallest absolute Gasteiger partial charge is 0.303 e. The minimum atomic E-state index is -0.682. The molecule has 0 saturated carbocycles. The molecular weight excluding hydrogens is 202 g/mol. The van der Waals surface area contributed by atoms with E-state index in [2.05, 4.69) is 26.1 Å². The summed E-state index contributed by atoms with van der Waals surface area (Å²) >= 11 is 0.